The molecule has 0 unspecified atom stereocenters. The highest BCUT2D eigenvalue weighted by atomic mass is 16.7. The summed E-state index contributed by atoms with van der Waals surface area (Å²) in [6, 6.07) is 45.5. The van der Waals surface area contributed by atoms with Crippen molar-refractivity contribution in [3.05, 3.63) is 151 Å². The topological polar surface area (TPSA) is 53.3 Å². The lowest BCUT2D eigenvalue weighted by atomic mass is 9.79. The van der Waals surface area contributed by atoms with Crippen LogP contribution in [0.1, 0.15) is 66.5 Å². The summed E-state index contributed by atoms with van der Waals surface area (Å²) < 4.78 is 31.5. The summed E-state index contributed by atoms with van der Waals surface area (Å²) in [5, 5.41) is 2.27. The van der Waals surface area contributed by atoms with Gasteiger partial charge in [0.15, 0.2) is 0 Å². The summed E-state index contributed by atoms with van der Waals surface area (Å²) in [4.78, 5) is 2.31. The second kappa shape index (κ2) is 12.7. The van der Waals surface area contributed by atoms with Crippen molar-refractivity contribution in [2.24, 2.45) is 0 Å². The lowest BCUT2D eigenvalue weighted by molar-refractivity contribution is 0.00578. The molecule has 1 aliphatic carbocycles. The molecule has 58 heavy (non-hydrogen) atoms. The number of furan rings is 1. The van der Waals surface area contributed by atoms with Crippen molar-refractivity contribution >= 4 is 64.2 Å². The Balaban J connectivity index is 1.03. The Morgan fingerprint density at radius 2 is 1.09 bits per heavy atom. The Morgan fingerprint density at radius 3 is 1.72 bits per heavy atom. The van der Waals surface area contributed by atoms with Crippen molar-refractivity contribution in [1.82, 2.24) is 0 Å². The van der Waals surface area contributed by atoms with E-state index in [0.29, 0.717) is 5.76 Å². The molecular formula is C50H47B2NO5. The van der Waals surface area contributed by atoms with Gasteiger partial charge in [-0.3, -0.25) is 0 Å². The number of fused-ring (bicyclic) bond motifs is 6. The summed E-state index contributed by atoms with van der Waals surface area (Å²) in [5.41, 5.74) is 12.5. The average molecular weight is 764 g/mol. The van der Waals surface area contributed by atoms with Gasteiger partial charge in [-0.05, 0) is 129 Å². The SMILES string of the molecule is C=C1OB(c2ccc(N(c3ccc(B4OC(C)(C)C(C)(C)O4)cc3)c3ccc4c(c3)C(C)(C)c3cc(-c5cccc6c5oc5ccccc56)ccc3-4)cc2)OC1(C)C. The maximum absolute atomic E-state index is 6.46. The number of benzene rings is 6. The van der Waals surface area contributed by atoms with Crippen molar-refractivity contribution in [3.8, 4) is 22.3 Å². The molecule has 2 fully saturated rings. The highest BCUT2D eigenvalue weighted by molar-refractivity contribution is 6.62. The van der Waals surface area contributed by atoms with E-state index < -0.39 is 31.0 Å². The summed E-state index contributed by atoms with van der Waals surface area (Å²) in [5.74, 6) is 0.630. The third-order valence-corrected chi connectivity index (χ3v) is 13.1. The summed E-state index contributed by atoms with van der Waals surface area (Å²) in [6.45, 7) is 21.0. The minimum Gasteiger partial charge on any atom is -0.534 e. The predicted molar refractivity (Wildman–Crippen MR) is 238 cm³/mol. The largest absolute Gasteiger partial charge is 0.563 e. The first-order chi connectivity index (χ1) is 27.6. The highest BCUT2D eigenvalue weighted by Crippen LogP contribution is 2.52. The van der Waals surface area contributed by atoms with E-state index in [1.54, 1.807) is 0 Å². The number of para-hydroxylation sites is 2. The predicted octanol–water partition coefficient (Wildman–Crippen LogP) is 11.4. The van der Waals surface area contributed by atoms with Gasteiger partial charge in [-0.2, -0.15) is 0 Å². The van der Waals surface area contributed by atoms with Crippen LogP contribution in [0.3, 0.4) is 0 Å². The molecule has 0 radical (unpaired) electrons. The number of hydrogen-bond donors (Lipinski definition) is 0. The molecule has 0 N–H and O–H groups in total. The van der Waals surface area contributed by atoms with Crippen molar-refractivity contribution in [3.63, 3.8) is 0 Å². The zero-order chi connectivity index (χ0) is 40.4. The lowest BCUT2D eigenvalue weighted by Gasteiger charge is -2.32. The molecule has 2 saturated heterocycles. The van der Waals surface area contributed by atoms with Crippen molar-refractivity contribution in [1.29, 1.82) is 0 Å². The molecule has 7 aromatic rings. The Hall–Kier alpha value is -5.53. The first-order valence-electron chi connectivity index (χ1n) is 20.2. The molecule has 2 aliphatic heterocycles. The third kappa shape index (κ3) is 5.68. The van der Waals surface area contributed by atoms with E-state index in [9.17, 15) is 0 Å². The first-order valence-corrected chi connectivity index (χ1v) is 20.2. The minimum atomic E-state index is -0.551. The Morgan fingerprint density at radius 1 is 0.517 bits per heavy atom. The van der Waals surface area contributed by atoms with Crippen molar-refractivity contribution in [2.45, 2.75) is 77.6 Å². The smallest absolute Gasteiger partial charge is 0.534 e. The Kier molecular flexibility index (Phi) is 8.08. The molecule has 288 valence electrons. The van der Waals surface area contributed by atoms with Crippen LogP contribution in [-0.2, 0) is 24.0 Å². The maximum Gasteiger partial charge on any atom is 0.563 e. The fourth-order valence-electron chi connectivity index (χ4n) is 8.76. The van der Waals surface area contributed by atoms with Gasteiger partial charge in [0.2, 0.25) is 0 Å². The molecule has 0 saturated carbocycles. The van der Waals surface area contributed by atoms with E-state index in [4.69, 9.17) is 23.0 Å². The first kappa shape index (κ1) is 36.8. The van der Waals surface area contributed by atoms with E-state index in [-0.39, 0.29) is 5.41 Å². The van der Waals surface area contributed by atoms with Gasteiger partial charge in [0.1, 0.15) is 16.8 Å². The molecular weight excluding hydrogens is 716 g/mol. The van der Waals surface area contributed by atoms with Crippen molar-refractivity contribution < 1.29 is 23.0 Å². The molecule has 6 aromatic carbocycles. The number of rotatable bonds is 6. The van der Waals surface area contributed by atoms with Crippen LogP contribution >= 0.6 is 0 Å². The van der Waals surface area contributed by atoms with Gasteiger partial charge in [0.25, 0.3) is 0 Å². The van der Waals surface area contributed by atoms with Crippen LogP contribution < -0.4 is 15.8 Å². The lowest BCUT2D eigenvalue weighted by Crippen LogP contribution is -2.41. The van der Waals surface area contributed by atoms with Gasteiger partial charge in [0, 0.05) is 38.8 Å². The van der Waals surface area contributed by atoms with Crippen LogP contribution in [-0.4, -0.2) is 31.0 Å². The average Bonchev–Trinajstić information content (AvgIpc) is 3.86. The Bertz CT molecular complexity index is 2770. The third-order valence-electron chi connectivity index (χ3n) is 13.1. The standard InChI is InChI=1S/C50H47B2NO5/c1-31-48(4,5)56-51(55-31)33-18-22-35(23-19-33)53(36-24-20-34(21-25-36)52-57-49(6,7)50(8,9)58-52)37-26-28-40-39-27-17-32(29-43(39)47(2,3)44(40)30-37)38-14-12-15-42-41-13-10-11-16-45(41)54-46(38)42/h10-30H,1H2,2-9H3. The molecule has 3 heterocycles. The van der Waals surface area contributed by atoms with Gasteiger partial charge in [-0.15, -0.1) is 0 Å². The van der Waals surface area contributed by atoms with Crippen LogP contribution in [0.15, 0.2) is 144 Å². The van der Waals surface area contributed by atoms with Crippen molar-refractivity contribution in [2.75, 3.05) is 4.90 Å². The summed E-state index contributed by atoms with van der Waals surface area (Å²) in [6.07, 6.45) is 0. The Labute approximate surface area is 341 Å². The number of anilines is 3. The van der Waals surface area contributed by atoms with Crippen LogP contribution in [0.25, 0.3) is 44.2 Å². The van der Waals surface area contributed by atoms with Crippen LogP contribution in [0.2, 0.25) is 0 Å². The van der Waals surface area contributed by atoms with Gasteiger partial charge >= 0.3 is 14.2 Å². The summed E-state index contributed by atoms with van der Waals surface area (Å²) in [7, 11) is -0.951. The van der Waals surface area contributed by atoms with Gasteiger partial charge < -0.3 is 27.9 Å². The second-order valence-electron chi connectivity index (χ2n) is 18.0. The van der Waals surface area contributed by atoms with E-state index in [1.807, 2.05) is 26.0 Å². The second-order valence-corrected chi connectivity index (χ2v) is 18.0. The molecule has 0 spiro atoms. The quantitative estimate of drug-likeness (QED) is 0.157. The van der Waals surface area contributed by atoms with E-state index in [2.05, 4.69) is 168 Å². The molecule has 0 bridgehead atoms. The molecule has 0 atom stereocenters. The molecule has 10 rings (SSSR count). The minimum absolute atomic E-state index is 0.263. The van der Waals surface area contributed by atoms with Gasteiger partial charge in [-0.1, -0.05) is 99.3 Å². The van der Waals surface area contributed by atoms with E-state index >= 15 is 0 Å². The van der Waals surface area contributed by atoms with Gasteiger partial charge in [-0.25, -0.2) is 0 Å². The molecule has 3 aliphatic rings. The monoisotopic (exact) mass is 763 g/mol. The number of hydrogen-bond acceptors (Lipinski definition) is 6. The van der Waals surface area contributed by atoms with E-state index in [0.717, 1.165) is 61.1 Å². The fourth-order valence-corrected chi connectivity index (χ4v) is 8.76. The molecule has 6 nitrogen and oxygen atoms in total. The molecule has 0 amide bonds. The maximum atomic E-state index is 6.46. The van der Waals surface area contributed by atoms with E-state index in [1.165, 1.54) is 22.3 Å². The molecule has 1 aromatic heterocycles. The fraction of sp³-hybridized carbons (Fsp3) is 0.240. The highest BCUT2D eigenvalue weighted by Gasteiger charge is 2.51. The van der Waals surface area contributed by atoms with Crippen LogP contribution in [0.5, 0.6) is 0 Å². The molecule has 8 heteroatoms. The summed E-state index contributed by atoms with van der Waals surface area (Å²) >= 11 is 0. The normalized spacial score (nSPS) is 18.4. The number of nitrogens with zero attached hydrogens (tertiary/aromatic N) is 1. The zero-order valence-electron chi connectivity index (χ0n) is 34.5. The zero-order valence-corrected chi connectivity index (χ0v) is 34.5. The van der Waals surface area contributed by atoms with Gasteiger partial charge in [0.05, 0.1) is 17.0 Å². The van der Waals surface area contributed by atoms with Crippen LogP contribution in [0, 0.1) is 0 Å². The van der Waals surface area contributed by atoms with Crippen LogP contribution in [0.4, 0.5) is 17.1 Å².